The van der Waals surface area contributed by atoms with Crippen molar-refractivity contribution < 1.29 is 17.9 Å². The second-order valence-corrected chi connectivity index (χ2v) is 9.65. The normalized spacial score (nSPS) is 18.4. The molecule has 5 heterocycles. The van der Waals surface area contributed by atoms with Gasteiger partial charge < -0.3 is 20.4 Å². The summed E-state index contributed by atoms with van der Waals surface area (Å²) in [6.07, 6.45) is 1.65. The Labute approximate surface area is 198 Å². The molecule has 0 aromatic carbocycles. The monoisotopic (exact) mass is 486 g/mol. The minimum Gasteiger partial charge on any atom is -0.382 e. The number of rotatable bonds is 4. The fourth-order valence-corrected chi connectivity index (χ4v) is 5.19. The number of fused-ring (bicyclic) bond motifs is 2. The topological polar surface area (TPSA) is 108 Å². The van der Waals surface area contributed by atoms with Gasteiger partial charge in [-0.25, -0.2) is 14.5 Å². The van der Waals surface area contributed by atoms with Crippen LogP contribution in [0.3, 0.4) is 0 Å². The number of imidazole rings is 1. The van der Waals surface area contributed by atoms with Gasteiger partial charge >= 0.3 is 6.18 Å². The van der Waals surface area contributed by atoms with Crippen LogP contribution in [0.5, 0.6) is 0 Å². The molecular weight excluding hydrogens is 461 g/mol. The first kappa shape index (κ1) is 22.1. The average molecular weight is 487 g/mol. The zero-order chi connectivity index (χ0) is 24.4. The molecule has 9 nitrogen and oxygen atoms in total. The summed E-state index contributed by atoms with van der Waals surface area (Å²) in [5.41, 5.74) is 8.91. The molecule has 4 aromatic rings. The van der Waals surface area contributed by atoms with Crippen molar-refractivity contribution in [2.45, 2.75) is 51.4 Å². The maximum absolute atomic E-state index is 13.1. The number of nitrogen functional groups attached to an aromatic ring is 1. The number of anilines is 2. The van der Waals surface area contributed by atoms with E-state index >= 15 is 0 Å². The Hall–Kier alpha value is -3.41. The molecule has 1 saturated heterocycles. The number of halogens is 3. The summed E-state index contributed by atoms with van der Waals surface area (Å²) in [5.74, 6) is 0.968. The highest BCUT2D eigenvalue weighted by molar-refractivity contribution is 5.88. The molecule has 0 unspecified atom stereocenters. The van der Waals surface area contributed by atoms with Gasteiger partial charge in [-0.1, -0.05) is 0 Å². The van der Waals surface area contributed by atoms with Crippen molar-refractivity contribution in [3.8, 4) is 11.3 Å². The molecule has 2 aliphatic rings. The van der Waals surface area contributed by atoms with E-state index in [1.165, 1.54) is 6.92 Å². The fourth-order valence-electron chi connectivity index (χ4n) is 5.19. The van der Waals surface area contributed by atoms with Crippen molar-refractivity contribution in [2.75, 3.05) is 24.3 Å². The lowest BCUT2D eigenvalue weighted by atomic mass is 9.71. The highest BCUT2D eigenvalue weighted by Gasteiger charge is 2.41. The van der Waals surface area contributed by atoms with Crippen molar-refractivity contribution in [3.05, 3.63) is 30.2 Å². The Morgan fingerprint density at radius 2 is 1.91 bits per heavy atom. The van der Waals surface area contributed by atoms with E-state index in [2.05, 4.69) is 25.4 Å². The molecule has 4 aromatic heterocycles. The first-order valence-corrected chi connectivity index (χ1v) is 11.6. The van der Waals surface area contributed by atoms with Crippen LogP contribution in [-0.2, 0) is 11.3 Å². The largest absolute Gasteiger partial charge is 0.406 e. The number of nitrogens with zero attached hydrogens (tertiary/aromatic N) is 6. The van der Waals surface area contributed by atoms with Crippen LogP contribution in [0.4, 0.5) is 24.9 Å². The molecule has 0 radical (unpaired) electrons. The number of aromatic nitrogens is 6. The zero-order valence-electron chi connectivity index (χ0n) is 19.1. The smallest absolute Gasteiger partial charge is 0.382 e. The van der Waals surface area contributed by atoms with Crippen LogP contribution in [0.15, 0.2) is 24.4 Å². The van der Waals surface area contributed by atoms with Gasteiger partial charge in [0, 0.05) is 23.2 Å². The summed E-state index contributed by atoms with van der Waals surface area (Å²) in [6, 6.07) is 5.44. The van der Waals surface area contributed by atoms with Gasteiger partial charge in [-0.15, -0.1) is 5.10 Å². The Balaban J connectivity index is 1.30. The molecule has 0 amide bonds. The number of aryl methyl sites for hydroxylation is 1. The Morgan fingerprint density at radius 3 is 2.60 bits per heavy atom. The number of alkyl halides is 3. The molecular formula is C23H25F3N8O. The van der Waals surface area contributed by atoms with Crippen LogP contribution in [0, 0.1) is 12.3 Å². The van der Waals surface area contributed by atoms with Crippen molar-refractivity contribution in [1.29, 1.82) is 0 Å². The molecule has 12 heteroatoms. The molecule has 0 bridgehead atoms. The second-order valence-electron chi connectivity index (χ2n) is 9.65. The van der Waals surface area contributed by atoms with E-state index in [1.54, 1.807) is 28.9 Å². The van der Waals surface area contributed by atoms with Crippen molar-refractivity contribution >= 4 is 28.4 Å². The van der Waals surface area contributed by atoms with Gasteiger partial charge in [-0.05, 0) is 50.8 Å². The van der Waals surface area contributed by atoms with Crippen LogP contribution in [-0.4, -0.2) is 54.6 Å². The second kappa shape index (κ2) is 7.80. The van der Waals surface area contributed by atoms with E-state index < -0.39 is 12.7 Å². The number of nitrogens with one attached hydrogen (secondary N) is 1. The van der Waals surface area contributed by atoms with Crippen LogP contribution in [0.2, 0.25) is 0 Å². The van der Waals surface area contributed by atoms with E-state index in [1.807, 2.05) is 0 Å². The van der Waals surface area contributed by atoms with Crippen molar-refractivity contribution in [1.82, 2.24) is 29.1 Å². The Kier molecular flexibility index (Phi) is 4.92. The highest BCUT2D eigenvalue weighted by Crippen LogP contribution is 2.42. The summed E-state index contributed by atoms with van der Waals surface area (Å²) < 4.78 is 47.4. The molecule has 1 spiro atoms. The van der Waals surface area contributed by atoms with E-state index in [9.17, 15) is 13.2 Å². The third-order valence-electron chi connectivity index (χ3n) is 7.13. The molecule has 35 heavy (non-hydrogen) atoms. The number of hydrogen-bond donors (Lipinski definition) is 2. The highest BCUT2D eigenvalue weighted by atomic mass is 19.4. The van der Waals surface area contributed by atoms with E-state index in [0.29, 0.717) is 33.7 Å². The molecule has 0 atom stereocenters. The first-order chi connectivity index (χ1) is 16.7. The predicted octanol–water partition coefficient (Wildman–Crippen LogP) is 3.97. The molecule has 2 fully saturated rings. The third kappa shape index (κ3) is 3.95. The van der Waals surface area contributed by atoms with Gasteiger partial charge in [0.15, 0.2) is 11.5 Å². The Morgan fingerprint density at radius 1 is 1.14 bits per heavy atom. The fraction of sp³-hybridized carbons (Fsp3) is 0.478. The van der Waals surface area contributed by atoms with Gasteiger partial charge in [-0.2, -0.15) is 18.2 Å². The lowest BCUT2D eigenvalue weighted by molar-refractivity contribution is -0.140. The lowest BCUT2D eigenvalue weighted by Gasteiger charge is -2.46. The molecule has 6 rings (SSSR count). The standard InChI is InChI=1S/C23H25F3N8O/c1-13-28-17-3-2-16(30-20(17)33(13)10-23(24,25)26)15-6-9-34-18(15)19(27)31-21(32-34)29-14-4-7-22(8-5-14)11-35-12-22/h2-3,6,9,14H,4-5,7-8,10-12H2,1H3,(H3,27,29,31,32). The molecule has 1 aliphatic heterocycles. The van der Waals surface area contributed by atoms with E-state index in [-0.39, 0.29) is 23.3 Å². The maximum Gasteiger partial charge on any atom is 0.406 e. The minimum atomic E-state index is -4.38. The maximum atomic E-state index is 13.1. The molecule has 3 N–H and O–H groups in total. The van der Waals surface area contributed by atoms with Crippen LogP contribution in [0.25, 0.3) is 27.9 Å². The minimum absolute atomic E-state index is 0.168. The quantitative estimate of drug-likeness (QED) is 0.449. The number of nitrogens with two attached hydrogens (primary N) is 1. The van der Waals surface area contributed by atoms with Gasteiger partial charge in [0.25, 0.3) is 0 Å². The van der Waals surface area contributed by atoms with Crippen molar-refractivity contribution in [3.63, 3.8) is 0 Å². The summed E-state index contributed by atoms with van der Waals surface area (Å²) in [5, 5.41) is 7.98. The molecule has 1 saturated carbocycles. The molecule has 184 valence electrons. The first-order valence-electron chi connectivity index (χ1n) is 11.6. The van der Waals surface area contributed by atoms with Gasteiger partial charge in [0.2, 0.25) is 5.95 Å². The SMILES string of the molecule is Cc1nc2ccc(-c3ccn4nc(NC5CCC6(CC5)COC6)nc(N)c34)nc2n1CC(F)(F)F. The van der Waals surface area contributed by atoms with Crippen LogP contribution >= 0.6 is 0 Å². The molecule has 1 aliphatic carbocycles. The van der Waals surface area contributed by atoms with E-state index in [0.717, 1.165) is 43.5 Å². The number of pyridine rings is 1. The Bertz CT molecular complexity index is 1410. The van der Waals surface area contributed by atoms with Crippen molar-refractivity contribution in [2.24, 2.45) is 5.41 Å². The predicted molar refractivity (Wildman–Crippen MR) is 124 cm³/mol. The van der Waals surface area contributed by atoms with Gasteiger partial charge in [0.1, 0.15) is 23.4 Å². The average Bonchev–Trinajstić information content (AvgIpc) is 3.33. The summed E-state index contributed by atoms with van der Waals surface area (Å²) in [4.78, 5) is 13.2. The summed E-state index contributed by atoms with van der Waals surface area (Å²) in [7, 11) is 0. The van der Waals surface area contributed by atoms with Crippen LogP contribution in [0.1, 0.15) is 31.5 Å². The van der Waals surface area contributed by atoms with Gasteiger partial charge in [0.05, 0.1) is 18.9 Å². The number of hydrogen-bond acceptors (Lipinski definition) is 7. The van der Waals surface area contributed by atoms with Gasteiger partial charge in [-0.3, -0.25) is 0 Å². The number of ether oxygens (including phenoxy) is 1. The lowest BCUT2D eigenvalue weighted by Crippen LogP contribution is -2.47. The summed E-state index contributed by atoms with van der Waals surface area (Å²) >= 11 is 0. The van der Waals surface area contributed by atoms with Crippen LogP contribution < -0.4 is 11.1 Å². The zero-order valence-corrected chi connectivity index (χ0v) is 19.1. The summed E-state index contributed by atoms with van der Waals surface area (Å²) in [6.45, 7) is 2.10. The third-order valence-corrected chi connectivity index (χ3v) is 7.13. The van der Waals surface area contributed by atoms with E-state index in [4.69, 9.17) is 10.5 Å².